The number of nitrogens with zero attached hydrogens (tertiary/aromatic N) is 2. The number of rotatable bonds is 5. The molecule has 1 aromatic carbocycles. The van der Waals surface area contributed by atoms with E-state index in [0.717, 1.165) is 15.0 Å². The summed E-state index contributed by atoms with van der Waals surface area (Å²) in [5.74, 6) is 0. The highest BCUT2D eigenvalue weighted by Crippen LogP contribution is 2.25. The zero-order chi connectivity index (χ0) is 15.6. The van der Waals surface area contributed by atoms with Crippen LogP contribution in [0.1, 0.15) is 5.56 Å². The fourth-order valence-electron chi connectivity index (χ4n) is 1.88. The number of benzene rings is 1. The Morgan fingerprint density at radius 1 is 1.18 bits per heavy atom. The second kappa shape index (κ2) is 6.33. The van der Waals surface area contributed by atoms with Gasteiger partial charge < -0.3 is 0 Å². The smallest absolute Gasteiger partial charge is 0.241 e. The van der Waals surface area contributed by atoms with E-state index in [-0.39, 0.29) is 6.54 Å². The van der Waals surface area contributed by atoms with Gasteiger partial charge in [-0.1, -0.05) is 12.1 Å². The Bertz CT molecular complexity index is 856. The zero-order valence-corrected chi connectivity index (χ0v) is 14.5. The maximum Gasteiger partial charge on any atom is 0.250 e. The van der Waals surface area contributed by atoms with E-state index in [0.29, 0.717) is 4.21 Å². The van der Waals surface area contributed by atoms with E-state index in [2.05, 4.69) is 25.8 Å². The van der Waals surface area contributed by atoms with Gasteiger partial charge in [-0.25, -0.2) is 17.8 Å². The molecule has 114 valence electrons. The minimum absolute atomic E-state index is 0.247. The lowest BCUT2D eigenvalue weighted by atomic mass is 10.2. The number of halogens is 1. The average molecular weight is 398 g/mol. The molecule has 0 amide bonds. The molecule has 0 atom stereocenters. The normalized spacial score (nSPS) is 11.7. The Labute approximate surface area is 140 Å². The maximum absolute atomic E-state index is 12.1. The molecule has 2 heterocycles. The molecule has 0 radical (unpaired) electrons. The molecular weight excluding hydrogens is 386 g/mol. The summed E-state index contributed by atoms with van der Waals surface area (Å²) in [6, 6.07) is 12.7. The fraction of sp³-hybridized carbons (Fsp3) is 0.0714. The standard InChI is InChI=1S/C14H12BrN3O2S2/c15-13-6-7-14(21-13)22(19,20)17-10-11-2-4-12(5-3-11)18-9-1-8-16-18/h1-9,17H,10H2. The first kappa shape index (κ1) is 15.4. The lowest BCUT2D eigenvalue weighted by Crippen LogP contribution is -2.22. The molecule has 22 heavy (non-hydrogen) atoms. The van der Waals surface area contributed by atoms with Gasteiger partial charge in [-0.15, -0.1) is 11.3 Å². The quantitative estimate of drug-likeness (QED) is 0.718. The zero-order valence-electron chi connectivity index (χ0n) is 11.3. The van der Waals surface area contributed by atoms with E-state index in [1.807, 2.05) is 36.5 Å². The third-order valence-corrected chi connectivity index (χ3v) is 6.50. The number of sulfonamides is 1. The summed E-state index contributed by atoms with van der Waals surface area (Å²) >= 11 is 4.45. The first-order chi connectivity index (χ1) is 10.5. The van der Waals surface area contributed by atoms with Crippen molar-refractivity contribution in [2.24, 2.45) is 0 Å². The van der Waals surface area contributed by atoms with Crippen LogP contribution in [-0.4, -0.2) is 18.2 Å². The van der Waals surface area contributed by atoms with E-state index < -0.39 is 10.0 Å². The Balaban J connectivity index is 1.69. The summed E-state index contributed by atoms with van der Waals surface area (Å²) < 4.78 is 29.7. The van der Waals surface area contributed by atoms with Crippen molar-refractivity contribution in [1.29, 1.82) is 0 Å². The molecule has 5 nitrogen and oxygen atoms in total. The van der Waals surface area contributed by atoms with E-state index in [9.17, 15) is 8.42 Å². The van der Waals surface area contributed by atoms with Gasteiger partial charge in [0.05, 0.1) is 9.47 Å². The first-order valence-electron chi connectivity index (χ1n) is 6.38. The topological polar surface area (TPSA) is 64.0 Å². The molecule has 3 rings (SSSR count). The summed E-state index contributed by atoms with van der Waals surface area (Å²) in [4.78, 5) is 0. The summed E-state index contributed by atoms with van der Waals surface area (Å²) in [5.41, 5.74) is 1.81. The molecule has 0 aliphatic carbocycles. The maximum atomic E-state index is 12.1. The molecule has 0 fully saturated rings. The van der Waals surface area contributed by atoms with Gasteiger partial charge in [0, 0.05) is 18.9 Å². The minimum Gasteiger partial charge on any atom is -0.241 e. The highest BCUT2D eigenvalue weighted by atomic mass is 79.9. The lowest BCUT2D eigenvalue weighted by molar-refractivity contribution is 0.583. The van der Waals surface area contributed by atoms with E-state index >= 15 is 0 Å². The monoisotopic (exact) mass is 397 g/mol. The van der Waals surface area contributed by atoms with Gasteiger partial charge in [-0.3, -0.25) is 0 Å². The highest BCUT2D eigenvalue weighted by Gasteiger charge is 2.15. The van der Waals surface area contributed by atoms with E-state index in [1.165, 1.54) is 11.3 Å². The second-order valence-corrected chi connectivity index (χ2v) is 8.96. The van der Waals surface area contributed by atoms with Crippen LogP contribution in [-0.2, 0) is 16.6 Å². The van der Waals surface area contributed by atoms with Crippen molar-refractivity contribution in [3.8, 4) is 5.69 Å². The van der Waals surface area contributed by atoms with Gasteiger partial charge in [0.25, 0.3) is 0 Å². The Hall–Kier alpha value is -1.48. The van der Waals surface area contributed by atoms with Crippen molar-refractivity contribution in [3.63, 3.8) is 0 Å². The van der Waals surface area contributed by atoms with Crippen molar-refractivity contribution in [3.05, 3.63) is 64.2 Å². The van der Waals surface area contributed by atoms with Gasteiger partial charge in [0.15, 0.2) is 0 Å². The molecule has 0 aliphatic heterocycles. The third-order valence-electron chi connectivity index (χ3n) is 2.99. The molecule has 0 spiro atoms. The Morgan fingerprint density at radius 2 is 1.95 bits per heavy atom. The van der Waals surface area contributed by atoms with Crippen molar-refractivity contribution < 1.29 is 8.42 Å². The molecule has 2 aromatic heterocycles. The largest absolute Gasteiger partial charge is 0.250 e. The number of aromatic nitrogens is 2. The molecule has 0 unspecified atom stereocenters. The predicted molar refractivity (Wildman–Crippen MR) is 89.6 cm³/mol. The molecule has 0 saturated carbocycles. The molecule has 0 aliphatic rings. The molecular formula is C14H12BrN3O2S2. The minimum atomic E-state index is -3.47. The number of hydrogen-bond donors (Lipinski definition) is 1. The molecule has 3 aromatic rings. The second-order valence-electron chi connectivity index (χ2n) is 4.50. The summed E-state index contributed by atoms with van der Waals surface area (Å²) in [6.07, 6.45) is 3.56. The van der Waals surface area contributed by atoms with Gasteiger partial charge in [-0.05, 0) is 51.8 Å². The average Bonchev–Trinajstić information content (AvgIpc) is 3.17. The number of nitrogens with one attached hydrogen (secondary N) is 1. The van der Waals surface area contributed by atoms with Gasteiger partial charge in [0.1, 0.15) is 4.21 Å². The van der Waals surface area contributed by atoms with Crippen LogP contribution >= 0.6 is 27.3 Å². The van der Waals surface area contributed by atoms with Gasteiger partial charge in [0.2, 0.25) is 10.0 Å². The molecule has 8 heteroatoms. The van der Waals surface area contributed by atoms with Gasteiger partial charge in [-0.2, -0.15) is 5.10 Å². The van der Waals surface area contributed by atoms with Crippen LogP contribution in [0.3, 0.4) is 0 Å². The highest BCUT2D eigenvalue weighted by molar-refractivity contribution is 9.11. The van der Waals surface area contributed by atoms with E-state index in [1.54, 1.807) is 23.0 Å². The first-order valence-corrected chi connectivity index (χ1v) is 9.48. The Kier molecular flexibility index (Phi) is 4.44. The summed E-state index contributed by atoms with van der Waals surface area (Å²) in [5, 5.41) is 4.15. The van der Waals surface area contributed by atoms with Crippen LogP contribution in [0, 0.1) is 0 Å². The Morgan fingerprint density at radius 3 is 2.55 bits per heavy atom. The van der Waals surface area contributed by atoms with Crippen molar-refractivity contribution in [2.45, 2.75) is 10.8 Å². The summed E-state index contributed by atoms with van der Waals surface area (Å²) in [7, 11) is -3.47. The lowest BCUT2D eigenvalue weighted by Gasteiger charge is -2.06. The third kappa shape index (κ3) is 3.46. The number of hydrogen-bond acceptors (Lipinski definition) is 4. The van der Waals surface area contributed by atoms with Crippen LogP contribution in [0.4, 0.5) is 0 Å². The van der Waals surface area contributed by atoms with Crippen LogP contribution < -0.4 is 4.72 Å². The number of thiophene rings is 1. The molecule has 0 bridgehead atoms. The SMILES string of the molecule is O=S(=O)(NCc1ccc(-n2cccn2)cc1)c1ccc(Br)s1. The predicted octanol–water partition coefficient (Wildman–Crippen LogP) is 3.17. The van der Waals surface area contributed by atoms with Crippen LogP contribution in [0.2, 0.25) is 0 Å². The van der Waals surface area contributed by atoms with Crippen molar-refractivity contribution in [1.82, 2.24) is 14.5 Å². The van der Waals surface area contributed by atoms with Crippen molar-refractivity contribution >= 4 is 37.3 Å². The van der Waals surface area contributed by atoms with Crippen LogP contribution in [0.15, 0.2) is 62.9 Å². The molecule has 0 saturated heterocycles. The van der Waals surface area contributed by atoms with Crippen molar-refractivity contribution in [2.75, 3.05) is 0 Å². The molecule has 1 N–H and O–H groups in total. The fourth-order valence-corrected chi connectivity index (χ4v) is 4.95. The van der Waals surface area contributed by atoms with Gasteiger partial charge >= 0.3 is 0 Å². The van der Waals surface area contributed by atoms with Crippen LogP contribution in [0.5, 0.6) is 0 Å². The summed E-state index contributed by atoms with van der Waals surface area (Å²) in [6.45, 7) is 0.247. The van der Waals surface area contributed by atoms with Crippen LogP contribution in [0.25, 0.3) is 5.69 Å². The van der Waals surface area contributed by atoms with E-state index in [4.69, 9.17) is 0 Å².